The first-order chi connectivity index (χ1) is 33.0. The molecule has 0 unspecified atom stereocenters. The summed E-state index contributed by atoms with van der Waals surface area (Å²) in [4.78, 5) is 68.8. The Morgan fingerprint density at radius 2 is 0.441 bits per heavy atom. The molecule has 0 bridgehead atoms. The lowest BCUT2D eigenvalue weighted by atomic mass is 10.1. The van der Waals surface area contributed by atoms with Crippen LogP contribution in [0.4, 0.5) is 0 Å². The maximum atomic E-state index is 12.0. The monoisotopic (exact) mass is 947 g/mol. The number of rotatable bonds is 34. The fourth-order valence-corrected chi connectivity index (χ4v) is 6.76. The van der Waals surface area contributed by atoms with E-state index in [4.69, 9.17) is 29.2 Å². The minimum Gasteiger partial charge on any atom is -0.478 e. The van der Waals surface area contributed by atoms with Crippen molar-refractivity contribution in [1.29, 1.82) is 0 Å². The molecule has 0 aliphatic rings. The van der Waals surface area contributed by atoms with E-state index in [1.54, 1.807) is 48.5 Å². The lowest BCUT2D eigenvalue weighted by Gasteiger charge is -2.07. The van der Waals surface area contributed by atoms with Gasteiger partial charge in [-0.2, -0.15) is 0 Å². The van der Waals surface area contributed by atoms with Gasteiger partial charge in [-0.1, -0.05) is 156 Å². The van der Waals surface area contributed by atoms with E-state index in [1.165, 1.54) is 127 Å². The lowest BCUT2D eigenvalue weighted by Crippen LogP contribution is -2.09. The molecule has 0 aliphatic carbocycles. The van der Waals surface area contributed by atoms with Crippen molar-refractivity contribution in [2.45, 2.75) is 182 Å². The summed E-state index contributed by atoms with van der Waals surface area (Å²) in [7, 11) is 0. The Kier molecular flexibility index (Phi) is 36.1. The summed E-state index contributed by atoms with van der Waals surface area (Å²) in [6, 6.07) is 18.1. The summed E-state index contributed by atoms with van der Waals surface area (Å²) < 4.78 is 21.2. The minimum absolute atomic E-state index is 0.0833. The van der Waals surface area contributed by atoms with Crippen LogP contribution in [-0.4, -0.2) is 72.5 Å². The predicted molar refractivity (Wildman–Crippen MR) is 268 cm³/mol. The van der Waals surface area contributed by atoms with Crippen molar-refractivity contribution in [2.75, 3.05) is 26.4 Å². The smallest absolute Gasteiger partial charge is 0.338 e. The van der Waals surface area contributed by atoms with Crippen LogP contribution >= 0.6 is 0 Å². The zero-order valence-corrected chi connectivity index (χ0v) is 41.7. The Morgan fingerprint density at radius 3 is 0.618 bits per heavy atom. The summed E-state index contributed by atoms with van der Waals surface area (Å²) >= 11 is 0. The van der Waals surface area contributed by atoms with Gasteiger partial charge in [0.05, 0.1) is 59.8 Å². The number of hydrogen-bond donors (Lipinski definition) is 2. The second kappa shape index (κ2) is 40.5. The summed E-state index contributed by atoms with van der Waals surface area (Å²) in [6.45, 7) is 10.6. The van der Waals surface area contributed by atoms with Gasteiger partial charge in [0.2, 0.25) is 0 Å². The highest BCUT2D eigenvalue weighted by atomic mass is 16.5. The maximum Gasteiger partial charge on any atom is 0.338 e. The topological polar surface area (TPSA) is 180 Å². The summed E-state index contributed by atoms with van der Waals surface area (Å²) in [5.41, 5.74) is 2.05. The van der Waals surface area contributed by atoms with Crippen LogP contribution in [0, 0.1) is 0 Å². The fraction of sp³-hybridized carbons (Fsp3) is 0.571. The Morgan fingerprint density at radius 1 is 0.279 bits per heavy atom. The van der Waals surface area contributed by atoms with Crippen LogP contribution in [0.15, 0.2) is 72.8 Å². The molecule has 12 heteroatoms. The van der Waals surface area contributed by atoms with E-state index in [0.717, 1.165) is 51.4 Å². The van der Waals surface area contributed by atoms with Gasteiger partial charge in [-0.05, 0) is 98.5 Å². The number of unbranched alkanes of at least 4 members (excludes halogenated alkanes) is 20. The van der Waals surface area contributed by atoms with Crippen molar-refractivity contribution < 1.29 is 57.9 Å². The number of esters is 4. The molecule has 2 N–H and O–H groups in total. The van der Waals surface area contributed by atoms with Crippen LogP contribution in [0.25, 0.3) is 0 Å². The summed E-state index contributed by atoms with van der Waals surface area (Å²) in [5, 5.41) is 16.9. The molecule has 0 heterocycles. The van der Waals surface area contributed by atoms with Crippen molar-refractivity contribution in [3.8, 4) is 0 Å². The Hall–Kier alpha value is -5.52. The molecule has 0 amide bonds. The molecule has 378 valence electrons. The van der Waals surface area contributed by atoms with E-state index < -0.39 is 11.9 Å². The van der Waals surface area contributed by atoms with Crippen LogP contribution in [0.5, 0.6) is 0 Å². The average molecular weight is 947 g/mol. The van der Waals surface area contributed by atoms with Crippen molar-refractivity contribution in [3.05, 3.63) is 106 Å². The molecule has 3 aromatic rings. The van der Waals surface area contributed by atoms with Gasteiger partial charge in [-0.3, -0.25) is 0 Å². The fourth-order valence-electron chi connectivity index (χ4n) is 6.76. The van der Waals surface area contributed by atoms with Crippen LogP contribution < -0.4 is 0 Å². The molecule has 0 saturated carbocycles. The van der Waals surface area contributed by atoms with Gasteiger partial charge < -0.3 is 29.2 Å². The number of benzene rings is 3. The molecular formula is C56H82O12. The normalized spacial score (nSPS) is 10.4. The van der Waals surface area contributed by atoms with Gasteiger partial charge in [0, 0.05) is 0 Å². The largest absolute Gasteiger partial charge is 0.478 e. The molecule has 0 spiro atoms. The second-order valence-corrected chi connectivity index (χ2v) is 17.0. The van der Waals surface area contributed by atoms with Gasteiger partial charge in [-0.15, -0.1) is 0 Å². The molecule has 68 heavy (non-hydrogen) atoms. The zero-order valence-electron chi connectivity index (χ0n) is 41.7. The van der Waals surface area contributed by atoms with E-state index >= 15 is 0 Å². The molecule has 0 atom stereocenters. The Bertz CT molecular complexity index is 1570. The molecule has 3 aromatic carbocycles. The number of carbonyl (C=O) groups is 6. The predicted octanol–water partition coefficient (Wildman–Crippen LogP) is 14.5. The molecule has 0 aliphatic heterocycles. The Labute approximate surface area is 406 Å². The first-order valence-corrected chi connectivity index (χ1v) is 25.4. The number of aromatic carboxylic acids is 2. The van der Waals surface area contributed by atoms with Crippen LogP contribution in [0.3, 0.4) is 0 Å². The molecule has 3 rings (SSSR count). The number of carboxylic acid groups (broad SMARTS) is 2. The van der Waals surface area contributed by atoms with Crippen molar-refractivity contribution in [1.82, 2.24) is 0 Å². The molecule has 0 saturated heterocycles. The van der Waals surface area contributed by atoms with Crippen LogP contribution in [-0.2, 0) is 18.9 Å². The van der Waals surface area contributed by atoms with Gasteiger partial charge in [0.25, 0.3) is 0 Å². The third-order valence-electron chi connectivity index (χ3n) is 11.0. The van der Waals surface area contributed by atoms with E-state index in [2.05, 4.69) is 27.7 Å². The quantitative estimate of drug-likeness (QED) is 0.0329. The number of carboxylic acids is 2. The third-order valence-corrected chi connectivity index (χ3v) is 11.0. The first-order valence-electron chi connectivity index (χ1n) is 25.4. The van der Waals surface area contributed by atoms with Gasteiger partial charge in [0.1, 0.15) is 0 Å². The van der Waals surface area contributed by atoms with Gasteiger partial charge in [0.15, 0.2) is 0 Å². The maximum absolute atomic E-state index is 12.0. The molecular weight excluding hydrogens is 865 g/mol. The van der Waals surface area contributed by atoms with E-state index in [0.29, 0.717) is 48.7 Å². The molecule has 0 aromatic heterocycles. The molecule has 0 radical (unpaired) electrons. The number of carbonyl (C=O) groups excluding carboxylic acids is 4. The van der Waals surface area contributed by atoms with E-state index in [9.17, 15) is 28.8 Å². The van der Waals surface area contributed by atoms with E-state index in [1.807, 2.05) is 0 Å². The number of ether oxygens (including phenoxy) is 4. The van der Waals surface area contributed by atoms with Gasteiger partial charge >= 0.3 is 35.8 Å². The van der Waals surface area contributed by atoms with Crippen LogP contribution in [0.1, 0.15) is 244 Å². The summed E-state index contributed by atoms with van der Waals surface area (Å²) in [6.07, 6.45) is 27.8. The second-order valence-electron chi connectivity index (χ2n) is 17.0. The lowest BCUT2D eigenvalue weighted by molar-refractivity contribution is 0.0483. The zero-order chi connectivity index (χ0) is 50.0. The highest BCUT2D eigenvalue weighted by Crippen LogP contribution is 2.13. The van der Waals surface area contributed by atoms with Crippen molar-refractivity contribution in [2.24, 2.45) is 0 Å². The number of hydrogen-bond acceptors (Lipinski definition) is 10. The minimum atomic E-state index is -1.06. The van der Waals surface area contributed by atoms with Crippen molar-refractivity contribution in [3.63, 3.8) is 0 Å². The average Bonchev–Trinajstić information content (AvgIpc) is 3.35. The summed E-state index contributed by atoms with van der Waals surface area (Å²) in [5.74, 6) is -3.46. The highest BCUT2D eigenvalue weighted by molar-refractivity contribution is 5.94. The molecule has 12 nitrogen and oxygen atoms in total. The third kappa shape index (κ3) is 30.0. The SMILES string of the molecule is CCCCCCCCOC(=O)c1ccc(C(=O)OCCCCCCCC)cc1.CCCCCCCCOC(=O)c1ccc(C(=O)OCCCCCCCC)cc1.O=C(O)c1ccc(C(=O)O)cc1. The first kappa shape index (κ1) is 60.5. The standard InChI is InChI=1S/2C24H38O4.C8H6O4/c2*1-3-5-7-9-11-13-19-27-23(25)21-15-17-22(18-16-21)24(26)28-20-14-12-10-8-6-4-2;9-7(10)5-1-2-6(4-3-5)8(11)12/h2*15-18H,3-14,19-20H2,1-2H3;1-4H,(H,9,10)(H,11,12). The Balaban J connectivity index is 0.000000549. The van der Waals surface area contributed by atoms with Gasteiger partial charge in [-0.25, -0.2) is 28.8 Å². The van der Waals surface area contributed by atoms with Crippen LogP contribution in [0.2, 0.25) is 0 Å². The highest BCUT2D eigenvalue weighted by Gasteiger charge is 2.13. The van der Waals surface area contributed by atoms with E-state index in [-0.39, 0.29) is 35.0 Å². The molecule has 0 fully saturated rings. The van der Waals surface area contributed by atoms with Crippen molar-refractivity contribution >= 4 is 35.8 Å².